The smallest absolute Gasteiger partial charge is 0.324 e. The van der Waals surface area contributed by atoms with E-state index < -0.39 is 5.81 Å². The number of nitrogens with zero attached hydrogens (tertiary/aromatic N) is 4. The van der Waals surface area contributed by atoms with E-state index in [9.17, 15) is 14.4 Å². The van der Waals surface area contributed by atoms with Crippen LogP contribution in [0.4, 0.5) is 9.59 Å². The quantitative estimate of drug-likeness (QED) is 0.456. The Bertz CT molecular complexity index is 1160. The number of amides is 3. The van der Waals surface area contributed by atoms with Crippen molar-refractivity contribution < 1.29 is 14.4 Å². The van der Waals surface area contributed by atoms with Gasteiger partial charge >= 0.3 is 6.03 Å². The molecular weight excluding hydrogens is 453 g/mol. The minimum atomic E-state index is -0.500. The minimum absolute atomic E-state index is 0.102. The first kappa shape index (κ1) is 26.2. The predicted molar refractivity (Wildman–Crippen MR) is 143 cm³/mol. The Morgan fingerprint density at radius 3 is 2.69 bits per heavy atom. The Morgan fingerprint density at radius 1 is 1.25 bits per heavy atom. The van der Waals surface area contributed by atoms with Crippen molar-refractivity contribution in [3.8, 4) is 0 Å². The summed E-state index contributed by atoms with van der Waals surface area (Å²) in [6.45, 7) is 8.67. The predicted octanol–water partition coefficient (Wildman–Crippen LogP) is 2.80. The maximum Gasteiger partial charge on any atom is 0.324 e. The Morgan fingerprint density at radius 2 is 2.03 bits per heavy atom. The zero-order chi connectivity index (χ0) is 26.0. The molecule has 9 heteroatoms. The number of hydrogen-bond donors (Lipinski definition) is 1. The monoisotopic (exact) mass is 489 g/mol. The van der Waals surface area contributed by atoms with Crippen LogP contribution in [0.3, 0.4) is 0 Å². The molecule has 4 rings (SSSR count). The number of aromatic nitrogens is 1. The minimum Gasteiger partial charge on any atom is -0.338 e. The second-order valence-corrected chi connectivity index (χ2v) is 10.1. The molecule has 1 saturated heterocycles. The zero-order valence-corrected chi connectivity index (χ0v) is 21.6. The highest BCUT2D eigenvalue weighted by atomic mass is 16.2. The van der Waals surface area contributed by atoms with Crippen LogP contribution in [-0.2, 0) is 11.2 Å². The van der Waals surface area contributed by atoms with Crippen molar-refractivity contribution in [3.05, 3.63) is 48.2 Å². The topological polar surface area (TPSA) is 77.9 Å². The van der Waals surface area contributed by atoms with Gasteiger partial charge in [-0.15, -0.1) is 6.58 Å². The van der Waals surface area contributed by atoms with Gasteiger partial charge in [-0.2, -0.15) is 0 Å². The molecule has 1 N–H and O–H groups in total. The highest BCUT2D eigenvalue weighted by molar-refractivity contribution is 6.58. The van der Waals surface area contributed by atoms with E-state index in [2.05, 4.69) is 27.8 Å². The van der Waals surface area contributed by atoms with E-state index in [0.717, 1.165) is 35.0 Å². The average Bonchev–Trinajstić information content (AvgIpc) is 3.22. The van der Waals surface area contributed by atoms with Gasteiger partial charge in [0.2, 0.25) is 13.8 Å². The molecule has 1 aliphatic heterocycles. The number of imide groups is 1. The molecule has 0 saturated carbocycles. The van der Waals surface area contributed by atoms with Crippen LogP contribution < -0.4 is 5.32 Å². The van der Waals surface area contributed by atoms with E-state index in [-0.39, 0.29) is 29.8 Å². The number of piperidine rings is 1. The van der Waals surface area contributed by atoms with Crippen molar-refractivity contribution >= 4 is 36.5 Å². The largest absolute Gasteiger partial charge is 0.338 e. The van der Waals surface area contributed by atoms with E-state index >= 15 is 0 Å². The summed E-state index contributed by atoms with van der Waals surface area (Å²) in [5.41, 5.74) is 3.06. The number of carbonyl (C=O) groups is 3. The Labute approximate surface area is 214 Å². The summed E-state index contributed by atoms with van der Waals surface area (Å²) >= 11 is 0. The average molecular weight is 489 g/mol. The lowest BCUT2D eigenvalue weighted by atomic mass is 9.72. The molecule has 1 aromatic carbocycles. The molecular formula is C27H36BN5O3. The van der Waals surface area contributed by atoms with E-state index in [1.807, 2.05) is 45.4 Å². The highest BCUT2D eigenvalue weighted by Gasteiger charge is 2.44. The van der Waals surface area contributed by atoms with Crippen molar-refractivity contribution in [3.63, 3.8) is 0 Å². The van der Waals surface area contributed by atoms with Crippen LogP contribution in [0.15, 0.2) is 37.1 Å². The molecule has 2 aromatic rings. The molecule has 2 radical (unpaired) electrons. The summed E-state index contributed by atoms with van der Waals surface area (Å²) in [7, 11) is 9.62. The van der Waals surface area contributed by atoms with Gasteiger partial charge in [-0.05, 0) is 64.0 Å². The fourth-order valence-electron chi connectivity index (χ4n) is 5.96. The lowest BCUT2D eigenvalue weighted by Crippen LogP contribution is -2.55. The number of urea groups is 1. The van der Waals surface area contributed by atoms with E-state index in [1.54, 1.807) is 0 Å². The second-order valence-electron chi connectivity index (χ2n) is 10.1. The second kappa shape index (κ2) is 11.0. The molecule has 36 heavy (non-hydrogen) atoms. The molecule has 0 unspecified atom stereocenters. The molecule has 1 aromatic heterocycles. The molecule has 0 spiro atoms. The van der Waals surface area contributed by atoms with Crippen LogP contribution in [0.2, 0.25) is 0 Å². The maximum atomic E-state index is 13.8. The SMILES string of the molecule is [B]C(=O)n1cc2c3c(cccc31)[C@H]1C[C@@H](C(=O)N(CCCN(C)C)C(=O)NCC)CN(CC=C)[C@@H]1C2. The molecule has 2 heterocycles. The van der Waals surface area contributed by atoms with Crippen LogP contribution in [0.5, 0.6) is 0 Å². The van der Waals surface area contributed by atoms with Gasteiger partial charge in [-0.25, -0.2) is 4.79 Å². The van der Waals surface area contributed by atoms with Gasteiger partial charge in [-0.3, -0.25) is 24.0 Å². The molecule has 3 amide bonds. The Hall–Kier alpha value is -2.91. The van der Waals surface area contributed by atoms with Crippen LogP contribution in [-0.4, -0.2) is 97.7 Å². The van der Waals surface area contributed by atoms with E-state index in [1.165, 1.54) is 9.47 Å². The van der Waals surface area contributed by atoms with E-state index in [0.29, 0.717) is 39.0 Å². The summed E-state index contributed by atoms with van der Waals surface area (Å²) in [5, 5.41) is 3.88. The maximum absolute atomic E-state index is 13.8. The summed E-state index contributed by atoms with van der Waals surface area (Å²) in [4.78, 5) is 44.6. The van der Waals surface area contributed by atoms with Gasteiger partial charge in [0.15, 0.2) is 5.81 Å². The summed E-state index contributed by atoms with van der Waals surface area (Å²) in [5.74, 6) is -0.840. The lowest BCUT2D eigenvalue weighted by molar-refractivity contribution is -0.135. The molecule has 0 bridgehead atoms. The van der Waals surface area contributed by atoms with Crippen LogP contribution in [0.25, 0.3) is 10.9 Å². The highest BCUT2D eigenvalue weighted by Crippen LogP contribution is 2.45. The lowest BCUT2D eigenvalue weighted by Gasteiger charge is -2.47. The van der Waals surface area contributed by atoms with Gasteiger partial charge < -0.3 is 10.2 Å². The summed E-state index contributed by atoms with van der Waals surface area (Å²) < 4.78 is 1.52. The van der Waals surface area contributed by atoms with Crippen molar-refractivity contribution in [2.45, 2.75) is 38.1 Å². The third kappa shape index (κ3) is 4.99. The summed E-state index contributed by atoms with van der Waals surface area (Å²) in [6.07, 6.45) is 5.87. The fourth-order valence-corrected chi connectivity index (χ4v) is 5.96. The molecule has 3 atom stereocenters. The van der Waals surface area contributed by atoms with Gasteiger partial charge in [0.05, 0.1) is 11.4 Å². The van der Waals surface area contributed by atoms with Gasteiger partial charge in [0.25, 0.3) is 0 Å². The van der Waals surface area contributed by atoms with Crippen molar-refractivity contribution in [1.29, 1.82) is 0 Å². The fraction of sp³-hybridized carbons (Fsp3) is 0.519. The van der Waals surface area contributed by atoms with Crippen molar-refractivity contribution in [1.82, 2.24) is 24.6 Å². The first-order valence-corrected chi connectivity index (χ1v) is 12.8. The number of likely N-dealkylation sites (tertiary alicyclic amines) is 1. The molecule has 1 aliphatic carbocycles. The van der Waals surface area contributed by atoms with Gasteiger partial charge in [0, 0.05) is 49.7 Å². The number of rotatable bonds is 8. The zero-order valence-electron chi connectivity index (χ0n) is 21.6. The van der Waals surface area contributed by atoms with Crippen LogP contribution in [0, 0.1) is 5.92 Å². The third-order valence-corrected chi connectivity index (χ3v) is 7.47. The number of benzene rings is 1. The van der Waals surface area contributed by atoms with E-state index in [4.69, 9.17) is 7.85 Å². The third-order valence-electron chi connectivity index (χ3n) is 7.47. The van der Waals surface area contributed by atoms with Gasteiger partial charge in [0.1, 0.15) is 0 Å². The van der Waals surface area contributed by atoms with Gasteiger partial charge in [-0.1, -0.05) is 18.2 Å². The van der Waals surface area contributed by atoms with Crippen molar-refractivity contribution in [2.24, 2.45) is 5.92 Å². The molecule has 2 aliphatic rings. The Kier molecular flexibility index (Phi) is 8.00. The normalized spacial score (nSPS) is 21.3. The number of carbonyl (C=O) groups excluding carboxylic acids is 3. The Balaban J connectivity index is 1.67. The number of fused-ring (bicyclic) bond motifs is 2. The van der Waals surface area contributed by atoms with Crippen molar-refractivity contribution in [2.75, 3.05) is 46.8 Å². The first-order chi connectivity index (χ1) is 17.3. The number of nitrogens with one attached hydrogen (secondary N) is 1. The molecule has 1 fully saturated rings. The van der Waals surface area contributed by atoms with Crippen LogP contribution >= 0.6 is 0 Å². The summed E-state index contributed by atoms with van der Waals surface area (Å²) in [6, 6.07) is 5.83. The number of hydrogen-bond acceptors (Lipinski definition) is 5. The standard InChI is InChI=1S/C27H36BN5O3/c1-5-11-31-16-19(25(34)32(27(36)29-6-2)13-8-12-30(3)4)14-21-20-9-7-10-22-24(20)18(15-23(21)31)17-33(22)26(28)35/h5,7,9-10,17,19,21,23H,1,6,8,11-16H2,2-4H3,(H,29,36)/t19-,21-,23-/m1/s1. The molecule has 8 nitrogen and oxygen atoms in total. The molecule has 190 valence electrons. The first-order valence-electron chi connectivity index (χ1n) is 12.8. The van der Waals surface area contributed by atoms with Crippen LogP contribution in [0.1, 0.15) is 36.8 Å².